The highest BCUT2D eigenvalue weighted by Gasteiger charge is 2.21. The maximum absolute atomic E-state index is 12.7. The number of anilines is 1. The zero-order chi connectivity index (χ0) is 18.8. The van der Waals surface area contributed by atoms with E-state index in [1.807, 2.05) is 18.2 Å². The van der Waals surface area contributed by atoms with Crippen molar-refractivity contribution in [2.45, 2.75) is 12.6 Å². The maximum atomic E-state index is 12.7. The van der Waals surface area contributed by atoms with Crippen LogP contribution in [-0.4, -0.2) is 42.0 Å². The largest absolute Gasteiger partial charge is 0.395 e. The van der Waals surface area contributed by atoms with Crippen molar-refractivity contribution in [3.05, 3.63) is 56.7 Å². The lowest BCUT2D eigenvalue weighted by Gasteiger charge is -2.15. The zero-order valence-corrected chi connectivity index (χ0v) is 14.6. The molecule has 0 unspecified atom stereocenters. The molecule has 0 saturated heterocycles. The molecule has 3 rings (SSSR count). The molecule has 0 aliphatic heterocycles. The van der Waals surface area contributed by atoms with Crippen molar-refractivity contribution >= 4 is 17.1 Å². The number of hydrogen-bond donors (Lipinski definition) is 3. The summed E-state index contributed by atoms with van der Waals surface area (Å²) in [6, 6.07) is 9.07. The van der Waals surface area contributed by atoms with Crippen molar-refractivity contribution in [3.63, 3.8) is 0 Å². The molecule has 0 saturated carbocycles. The van der Waals surface area contributed by atoms with Gasteiger partial charge in [0.15, 0.2) is 11.2 Å². The van der Waals surface area contributed by atoms with E-state index in [2.05, 4.69) is 10.3 Å². The smallest absolute Gasteiger partial charge is 0.332 e. The van der Waals surface area contributed by atoms with Gasteiger partial charge in [-0.2, -0.15) is 4.98 Å². The summed E-state index contributed by atoms with van der Waals surface area (Å²) in [6.45, 7) is 0.169. The second kappa shape index (κ2) is 7.14. The second-order valence-corrected chi connectivity index (χ2v) is 6.00. The number of rotatable bonds is 6. The van der Waals surface area contributed by atoms with Crippen molar-refractivity contribution in [1.82, 2.24) is 18.7 Å². The van der Waals surface area contributed by atoms with Gasteiger partial charge in [-0.05, 0) is 5.56 Å². The molecule has 3 aromatic rings. The summed E-state index contributed by atoms with van der Waals surface area (Å²) in [4.78, 5) is 29.1. The van der Waals surface area contributed by atoms with E-state index in [0.717, 1.165) is 4.57 Å². The molecule has 2 aromatic heterocycles. The Hall–Kier alpha value is -2.91. The topological polar surface area (TPSA) is 114 Å². The van der Waals surface area contributed by atoms with Crippen LogP contribution in [0.2, 0.25) is 0 Å². The number of aliphatic hydroxyl groups excluding tert-OH is 2. The Morgan fingerprint density at radius 2 is 1.85 bits per heavy atom. The molecular formula is C17H21N5O4. The number of benzene rings is 1. The van der Waals surface area contributed by atoms with Gasteiger partial charge in [-0.25, -0.2) is 4.79 Å². The van der Waals surface area contributed by atoms with Gasteiger partial charge in [-0.3, -0.25) is 13.9 Å². The first-order valence-corrected chi connectivity index (χ1v) is 8.19. The molecule has 0 radical (unpaired) electrons. The fraction of sp³-hybridized carbons (Fsp3) is 0.353. The number of nitrogens with one attached hydrogen (secondary N) is 1. The summed E-state index contributed by atoms with van der Waals surface area (Å²) < 4.78 is 3.84. The molecule has 0 aliphatic carbocycles. The lowest BCUT2D eigenvalue weighted by molar-refractivity contribution is 0.158. The van der Waals surface area contributed by atoms with E-state index in [9.17, 15) is 14.7 Å². The van der Waals surface area contributed by atoms with Gasteiger partial charge in [0.05, 0.1) is 19.3 Å². The molecule has 0 spiro atoms. The van der Waals surface area contributed by atoms with Gasteiger partial charge < -0.3 is 20.1 Å². The minimum atomic E-state index is -0.870. The van der Waals surface area contributed by atoms with E-state index in [1.165, 1.54) is 18.7 Å². The minimum absolute atomic E-state index is 0.0711. The van der Waals surface area contributed by atoms with Crippen LogP contribution in [0.4, 0.5) is 5.95 Å². The average Bonchev–Trinajstić information content (AvgIpc) is 3.02. The fourth-order valence-electron chi connectivity index (χ4n) is 2.88. The van der Waals surface area contributed by atoms with Crippen LogP contribution >= 0.6 is 0 Å². The fourth-order valence-corrected chi connectivity index (χ4v) is 2.88. The van der Waals surface area contributed by atoms with E-state index in [0.29, 0.717) is 11.5 Å². The highest BCUT2D eigenvalue weighted by atomic mass is 16.3. The summed E-state index contributed by atoms with van der Waals surface area (Å²) in [5.74, 6) is 0.308. The van der Waals surface area contributed by atoms with Crippen molar-refractivity contribution in [3.8, 4) is 0 Å². The third-order valence-electron chi connectivity index (χ3n) is 4.28. The molecule has 9 nitrogen and oxygen atoms in total. The Morgan fingerprint density at radius 1 is 1.15 bits per heavy atom. The number of hydrogen-bond acceptors (Lipinski definition) is 6. The van der Waals surface area contributed by atoms with Crippen molar-refractivity contribution < 1.29 is 10.2 Å². The van der Waals surface area contributed by atoms with E-state index in [4.69, 9.17) is 5.11 Å². The number of aryl methyl sites for hydroxylation is 1. The molecular weight excluding hydrogens is 338 g/mol. The molecule has 1 atom stereocenters. The van der Waals surface area contributed by atoms with Gasteiger partial charge in [0.2, 0.25) is 5.95 Å². The third-order valence-corrected chi connectivity index (χ3v) is 4.28. The third kappa shape index (κ3) is 3.02. The van der Waals surface area contributed by atoms with E-state index in [-0.39, 0.29) is 30.9 Å². The molecule has 9 heteroatoms. The van der Waals surface area contributed by atoms with E-state index in [1.54, 1.807) is 16.7 Å². The highest BCUT2D eigenvalue weighted by Crippen LogP contribution is 2.21. The van der Waals surface area contributed by atoms with Crippen LogP contribution < -0.4 is 16.6 Å². The lowest BCUT2D eigenvalue weighted by Crippen LogP contribution is -2.37. The first-order chi connectivity index (χ1) is 12.5. The Balaban J connectivity index is 2.18. The SMILES string of the molecule is Cn1c(=O)c2c(nc(NCCO)n2C[C@H](O)c2ccccc2)n(C)c1=O. The molecule has 1 aromatic carbocycles. The van der Waals surface area contributed by atoms with Gasteiger partial charge in [-0.15, -0.1) is 0 Å². The molecule has 138 valence electrons. The maximum Gasteiger partial charge on any atom is 0.332 e. The Labute approximate surface area is 148 Å². The predicted molar refractivity (Wildman–Crippen MR) is 97.2 cm³/mol. The number of imidazole rings is 1. The normalized spacial score (nSPS) is 12.5. The molecule has 0 aliphatic rings. The van der Waals surface area contributed by atoms with Gasteiger partial charge in [0, 0.05) is 20.6 Å². The summed E-state index contributed by atoms with van der Waals surface area (Å²) >= 11 is 0. The van der Waals surface area contributed by atoms with Gasteiger partial charge in [0.25, 0.3) is 5.56 Å². The van der Waals surface area contributed by atoms with Gasteiger partial charge in [-0.1, -0.05) is 30.3 Å². The molecule has 0 bridgehead atoms. The quantitative estimate of drug-likeness (QED) is 0.550. The molecule has 0 amide bonds. The number of aliphatic hydroxyl groups is 2. The van der Waals surface area contributed by atoms with Gasteiger partial charge in [0.1, 0.15) is 0 Å². The van der Waals surface area contributed by atoms with Crippen LogP contribution in [0.3, 0.4) is 0 Å². The number of aromatic nitrogens is 4. The number of nitrogens with zero attached hydrogens (tertiary/aromatic N) is 4. The van der Waals surface area contributed by atoms with Gasteiger partial charge >= 0.3 is 5.69 Å². The standard InChI is InChI=1S/C17H21N5O4/c1-20-14-13(15(25)21(2)17(20)26)22(16(19-14)18-8-9-23)10-12(24)11-6-4-3-5-7-11/h3-7,12,23-24H,8-10H2,1-2H3,(H,18,19)/t12-/m0/s1. The Kier molecular flexibility index (Phi) is 4.92. The van der Waals surface area contributed by atoms with Crippen LogP contribution in [-0.2, 0) is 20.6 Å². The molecule has 26 heavy (non-hydrogen) atoms. The van der Waals surface area contributed by atoms with Crippen LogP contribution in [0.15, 0.2) is 39.9 Å². The summed E-state index contributed by atoms with van der Waals surface area (Å²) in [6.07, 6.45) is -0.870. The van der Waals surface area contributed by atoms with E-state index < -0.39 is 17.4 Å². The van der Waals surface area contributed by atoms with Crippen molar-refractivity contribution in [2.75, 3.05) is 18.5 Å². The Bertz CT molecular complexity index is 1040. The molecule has 3 N–H and O–H groups in total. The van der Waals surface area contributed by atoms with Crippen LogP contribution in [0, 0.1) is 0 Å². The van der Waals surface area contributed by atoms with Crippen molar-refractivity contribution in [2.24, 2.45) is 14.1 Å². The minimum Gasteiger partial charge on any atom is -0.395 e. The van der Waals surface area contributed by atoms with E-state index >= 15 is 0 Å². The van der Waals surface area contributed by atoms with Crippen LogP contribution in [0.25, 0.3) is 11.2 Å². The van der Waals surface area contributed by atoms with Crippen LogP contribution in [0.5, 0.6) is 0 Å². The van der Waals surface area contributed by atoms with Crippen molar-refractivity contribution in [1.29, 1.82) is 0 Å². The summed E-state index contributed by atoms with van der Waals surface area (Å²) in [5.41, 5.74) is 0.158. The Morgan fingerprint density at radius 3 is 2.50 bits per heavy atom. The summed E-state index contributed by atoms with van der Waals surface area (Å²) in [7, 11) is 2.93. The predicted octanol–water partition coefficient (Wildman–Crippen LogP) is -0.429. The molecule has 0 fully saturated rings. The first-order valence-electron chi connectivity index (χ1n) is 8.19. The summed E-state index contributed by atoms with van der Waals surface area (Å²) in [5, 5.41) is 22.6. The zero-order valence-electron chi connectivity index (χ0n) is 14.6. The molecule has 2 heterocycles. The van der Waals surface area contributed by atoms with Crippen LogP contribution in [0.1, 0.15) is 11.7 Å². The first kappa shape index (κ1) is 17.9. The average molecular weight is 359 g/mol. The highest BCUT2D eigenvalue weighted by molar-refractivity contribution is 5.74. The number of fused-ring (bicyclic) bond motifs is 1. The monoisotopic (exact) mass is 359 g/mol. The lowest BCUT2D eigenvalue weighted by atomic mass is 10.1. The second-order valence-electron chi connectivity index (χ2n) is 6.00.